The zero-order chi connectivity index (χ0) is 27.1. The first kappa shape index (κ1) is 26.8. The molecule has 0 radical (unpaired) electrons. The van der Waals surface area contributed by atoms with Gasteiger partial charge in [0.1, 0.15) is 11.8 Å². The number of alkyl halides is 5. The summed E-state index contributed by atoms with van der Waals surface area (Å²) in [6, 6.07) is 6.41. The molecule has 2 aliphatic heterocycles. The molecule has 0 saturated carbocycles. The minimum absolute atomic E-state index is 0.122. The van der Waals surface area contributed by atoms with E-state index in [-0.39, 0.29) is 28.5 Å². The van der Waals surface area contributed by atoms with E-state index < -0.39 is 35.5 Å². The number of nitrogens with zero attached hydrogens (tertiary/aromatic N) is 1. The van der Waals surface area contributed by atoms with Gasteiger partial charge in [-0.15, -0.1) is 13.2 Å². The number of halogens is 6. The molecular formula is C24H19F5IN3O4. The van der Waals surface area contributed by atoms with E-state index in [1.165, 1.54) is 17.0 Å². The predicted octanol–water partition coefficient (Wildman–Crippen LogP) is 4.35. The van der Waals surface area contributed by atoms with Crippen LogP contribution in [0.5, 0.6) is 5.75 Å². The van der Waals surface area contributed by atoms with Crippen LogP contribution in [0.25, 0.3) is 0 Å². The molecule has 2 N–H and O–H groups in total. The minimum atomic E-state index is -5.23. The van der Waals surface area contributed by atoms with Crippen LogP contribution in [0.3, 0.4) is 0 Å². The van der Waals surface area contributed by atoms with Gasteiger partial charge >= 0.3 is 12.3 Å². The molecule has 0 aliphatic carbocycles. The molecule has 0 spiro atoms. The predicted molar refractivity (Wildman–Crippen MR) is 128 cm³/mol. The van der Waals surface area contributed by atoms with Gasteiger partial charge in [-0.2, -0.15) is 8.78 Å². The summed E-state index contributed by atoms with van der Waals surface area (Å²) in [4.78, 5) is 38.9. The summed E-state index contributed by atoms with van der Waals surface area (Å²) >= 11 is 1.63. The molecule has 2 heterocycles. The second-order valence-corrected chi connectivity index (χ2v) is 9.76. The average molecular weight is 635 g/mol. The first-order valence-corrected chi connectivity index (χ1v) is 12.0. The van der Waals surface area contributed by atoms with Crippen LogP contribution in [0.1, 0.15) is 39.9 Å². The number of piperidine rings is 1. The van der Waals surface area contributed by atoms with Crippen LogP contribution in [-0.4, -0.2) is 35.0 Å². The first-order chi connectivity index (χ1) is 17.3. The minimum Gasteiger partial charge on any atom is -0.405 e. The molecule has 13 heteroatoms. The average Bonchev–Trinajstić information content (AvgIpc) is 3.11. The van der Waals surface area contributed by atoms with E-state index in [0.717, 1.165) is 12.1 Å². The van der Waals surface area contributed by atoms with Gasteiger partial charge in [0.15, 0.2) is 0 Å². The van der Waals surface area contributed by atoms with Gasteiger partial charge < -0.3 is 20.3 Å². The topological polar surface area (TPSA) is 87.7 Å². The van der Waals surface area contributed by atoms with Gasteiger partial charge in [-0.05, 0) is 70.8 Å². The molecule has 7 nitrogen and oxygen atoms in total. The third-order valence-corrected chi connectivity index (χ3v) is 6.62. The number of fused-ring (bicyclic) bond motifs is 1. The van der Waals surface area contributed by atoms with Crippen LogP contribution in [0.4, 0.5) is 22.0 Å². The molecule has 1 atom stereocenters. The van der Waals surface area contributed by atoms with Gasteiger partial charge in [0, 0.05) is 27.9 Å². The van der Waals surface area contributed by atoms with E-state index in [1.54, 1.807) is 28.7 Å². The molecule has 1 unspecified atom stereocenters. The van der Waals surface area contributed by atoms with Gasteiger partial charge in [-0.25, -0.2) is 0 Å². The van der Waals surface area contributed by atoms with E-state index in [0.29, 0.717) is 41.3 Å². The first-order valence-electron chi connectivity index (χ1n) is 10.9. The Balaban J connectivity index is 1.46. The van der Waals surface area contributed by atoms with Crippen LogP contribution in [0.2, 0.25) is 0 Å². The molecule has 196 valence electrons. The Kier molecular flexibility index (Phi) is 7.18. The van der Waals surface area contributed by atoms with Crippen LogP contribution >= 0.6 is 22.6 Å². The molecular weight excluding hydrogens is 616 g/mol. The molecule has 2 aliphatic rings. The van der Waals surface area contributed by atoms with Gasteiger partial charge in [0.25, 0.3) is 11.8 Å². The van der Waals surface area contributed by atoms with Crippen molar-refractivity contribution in [3.63, 3.8) is 0 Å². The van der Waals surface area contributed by atoms with E-state index in [4.69, 9.17) is 0 Å². The number of hydrogen-bond donors (Lipinski definition) is 2. The van der Waals surface area contributed by atoms with Crippen molar-refractivity contribution in [3.05, 3.63) is 74.5 Å². The quantitative estimate of drug-likeness (QED) is 0.366. The lowest BCUT2D eigenvalue weighted by atomic mass is 10.0. The molecule has 1 fully saturated rings. The Morgan fingerprint density at radius 3 is 2.57 bits per heavy atom. The maximum absolute atomic E-state index is 14.9. The second-order valence-electron chi connectivity index (χ2n) is 8.52. The van der Waals surface area contributed by atoms with Crippen molar-refractivity contribution in [2.45, 2.75) is 44.3 Å². The van der Waals surface area contributed by atoms with Crippen molar-refractivity contribution in [1.29, 1.82) is 0 Å². The molecule has 1 saturated heterocycles. The van der Waals surface area contributed by atoms with E-state index in [1.807, 2.05) is 5.32 Å². The highest BCUT2D eigenvalue weighted by molar-refractivity contribution is 14.1. The van der Waals surface area contributed by atoms with E-state index >= 15 is 0 Å². The molecule has 2 aromatic rings. The number of allylic oxidation sites excluding steroid dienone is 1. The second kappa shape index (κ2) is 9.91. The zero-order valence-corrected chi connectivity index (χ0v) is 21.1. The fraction of sp³-hybridized carbons (Fsp3) is 0.292. The van der Waals surface area contributed by atoms with Crippen LogP contribution < -0.4 is 15.4 Å². The van der Waals surface area contributed by atoms with Crippen molar-refractivity contribution in [2.75, 3.05) is 0 Å². The van der Waals surface area contributed by atoms with Crippen molar-refractivity contribution in [2.24, 2.45) is 0 Å². The summed E-state index contributed by atoms with van der Waals surface area (Å²) in [6.45, 7) is 3.46. The Hall–Kier alpha value is -3.23. The third kappa shape index (κ3) is 5.70. The fourth-order valence-corrected chi connectivity index (χ4v) is 4.66. The highest BCUT2D eigenvalue weighted by Crippen LogP contribution is 2.38. The standard InChI is InChI=1S/C24H19F5IN3O4/c1-12-2-7-18(20(34)32-12)33-11-14-8-13(3-5-16(14)21(33)35)10-31-22(36)23(25,26)17-6-4-15(30)9-19(17)37-24(27,28)29/h3-6,8-9,18H,1-2,7,10-11H2,(H,31,36)(H,32,34). The summed E-state index contributed by atoms with van der Waals surface area (Å²) in [5.41, 5.74) is 0.631. The fourth-order valence-electron chi connectivity index (χ4n) is 4.20. The molecule has 2 aromatic carbocycles. The lowest BCUT2D eigenvalue weighted by Gasteiger charge is -2.30. The Morgan fingerprint density at radius 2 is 1.89 bits per heavy atom. The smallest absolute Gasteiger partial charge is 0.405 e. The number of benzene rings is 2. The zero-order valence-electron chi connectivity index (χ0n) is 18.9. The summed E-state index contributed by atoms with van der Waals surface area (Å²) in [6.07, 6.45) is -4.28. The van der Waals surface area contributed by atoms with E-state index in [9.17, 15) is 36.3 Å². The molecule has 3 amide bonds. The number of nitrogens with one attached hydrogen (secondary N) is 2. The van der Waals surface area contributed by atoms with Gasteiger partial charge in [0.2, 0.25) is 5.91 Å². The molecule has 4 rings (SSSR count). The van der Waals surface area contributed by atoms with Gasteiger partial charge in [-0.1, -0.05) is 18.7 Å². The number of amides is 3. The maximum Gasteiger partial charge on any atom is 0.573 e. The van der Waals surface area contributed by atoms with E-state index in [2.05, 4.69) is 16.6 Å². The number of carbonyl (C=O) groups excluding carboxylic acids is 3. The maximum atomic E-state index is 14.9. The molecule has 37 heavy (non-hydrogen) atoms. The Morgan fingerprint density at radius 1 is 1.16 bits per heavy atom. The van der Waals surface area contributed by atoms with Crippen molar-refractivity contribution in [1.82, 2.24) is 15.5 Å². The van der Waals surface area contributed by atoms with Gasteiger partial charge in [0.05, 0.1) is 5.56 Å². The van der Waals surface area contributed by atoms with Crippen LogP contribution in [0, 0.1) is 3.57 Å². The lowest BCUT2D eigenvalue weighted by Crippen LogP contribution is -2.49. The summed E-state index contributed by atoms with van der Waals surface area (Å²) in [5, 5.41) is 4.66. The number of ether oxygens (including phenoxy) is 1. The lowest BCUT2D eigenvalue weighted by molar-refractivity contribution is -0.275. The Bertz CT molecular complexity index is 1300. The summed E-state index contributed by atoms with van der Waals surface area (Å²) < 4.78 is 71.8. The van der Waals surface area contributed by atoms with Crippen molar-refractivity contribution in [3.8, 4) is 5.75 Å². The normalized spacial score (nSPS) is 17.9. The number of carbonyl (C=O) groups is 3. The number of rotatable bonds is 6. The van der Waals surface area contributed by atoms with Gasteiger partial charge in [-0.3, -0.25) is 14.4 Å². The number of hydrogen-bond acceptors (Lipinski definition) is 4. The van der Waals surface area contributed by atoms with Crippen molar-refractivity contribution < 1.29 is 41.1 Å². The monoisotopic (exact) mass is 635 g/mol. The van der Waals surface area contributed by atoms with Crippen molar-refractivity contribution >= 4 is 40.3 Å². The van der Waals surface area contributed by atoms with Crippen LogP contribution in [-0.2, 0) is 28.6 Å². The summed E-state index contributed by atoms with van der Waals surface area (Å²) in [5.74, 6) is -8.01. The molecule has 0 bridgehead atoms. The largest absolute Gasteiger partial charge is 0.573 e. The Labute approximate surface area is 221 Å². The third-order valence-electron chi connectivity index (χ3n) is 5.95. The van der Waals surface area contributed by atoms with Crippen LogP contribution in [0.15, 0.2) is 48.7 Å². The SMILES string of the molecule is C=C1CCC(N2Cc3cc(CNC(=O)C(F)(F)c4ccc(I)cc4OC(F)(F)F)ccc3C2=O)C(=O)N1. The summed E-state index contributed by atoms with van der Waals surface area (Å²) in [7, 11) is 0. The highest BCUT2D eigenvalue weighted by atomic mass is 127. The highest BCUT2D eigenvalue weighted by Gasteiger charge is 2.45. The molecule has 0 aromatic heterocycles.